The van der Waals surface area contributed by atoms with Crippen LogP contribution in [0.5, 0.6) is 5.75 Å². The number of para-hydroxylation sites is 1. The number of nitrogens with zero attached hydrogens (tertiary/aromatic N) is 5. The number of nitrogen functional groups attached to an aromatic ring is 1. The van der Waals surface area contributed by atoms with E-state index in [-0.39, 0.29) is 22.5 Å². The molecule has 1 saturated heterocycles. The first kappa shape index (κ1) is 22.4. The number of alkyl halides is 2. The molecule has 1 fully saturated rings. The van der Waals surface area contributed by atoms with E-state index in [1.807, 2.05) is 24.3 Å². The summed E-state index contributed by atoms with van der Waals surface area (Å²) in [4.78, 5) is 10.2. The fourth-order valence-electron chi connectivity index (χ4n) is 3.54. The van der Waals surface area contributed by atoms with Crippen LogP contribution in [-0.4, -0.2) is 64.1 Å². The van der Waals surface area contributed by atoms with Crippen LogP contribution in [0.2, 0.25) is 5.15 Å². The van der Waals surface area contributed by atoms with Crippen LogP contribution in [0.25, 0.3) is 11.4 Å². The lowest BCUT2D eigenvalue weighted by molar-refractivity contribution is 0.0322. The van der Waals surface area contributed by atoms with E-state index in [2.05, 4.69) is 20.0 Å². The number of anilines is 1. The molecule has 170 valence electrons. The maximum atomic E-state index is 13.4. The van der Waals surface area contributed by atoms with E-state index >= 15 is 0 Å². The molecule has 0 atom stereocenters. The molecule has 1 aliphatic heterocycles. The highest BCUT2D eigenvalue weighted by molar-refractivity contribution is 6.29. The molecule has 0 unspecified atom stereocenters. The minimum Gasteiger partial charge on any atom is -0.492 e. The number of rotatable bonds is 8. The van der Waals surface area contributed by atoms with Crippen LogP contribution in [0.3, 0.4) is 0 Å². The smallest absolute Gasteiger partial charge is 0.333 e. The summed E-state index contributed by atoms with van der Waals surface area (Å²) in [5, 5.41) is 4.12. The normalized spacial score (nSPS) is 14.8. The van der Waals surface area contributed by atoms with Gasteiger partial charge in [0, 0.05) is 43.9 Å². The van der Waals surface area contributed by atoms with Gasteiger partial charge in [-0.25, -0.2) is 14.6 Å². The number of halogens is 3. The third-order valence-electron chi connectivity index (χ3n) is 5.08. The largest absolute Gasteiger partial charge is 0.492 e. The molecule has 1 aromatic carbocycles. The van der Waals surface area contributed by atoms with Gasteiger partial charge in [0.05, 0.1) is 18.9 Å². The molecule has 0 radical (unpaired) electrons. The Morgan fingerprint density at radius 2 is 1.94 bits per heavy atom. The fourth-order valence-corrected chi connectivity index (χ4v) is 3.73. The molecule has 0 spiro atoms. The minimum absolute atomic E-state index is 0.0584. The highest BCUT2D eigenvalue weighted by Gasteiger charge is 2.19. The van der Waals surface area contributed by atoms with Crippen LogP contribution in [0.15, 0.2) is 36.5 Å². The van der Waals surface area contributed by atoms with Gasteiger partial charge in [0.25, 0.3) is 0 Å². The number of benzene rings is 1. The molecule has 1 aliphatic rings. The zero-order valence-electron chi connectivity index (χ0n) is 17.3. The quantitative estimate of drug-likeness (QED) is 0.511. The van der Waals surface area contributed by atoms with Crippen LogP contribution in [0.1, 0.15) is 17.7 Å². The van der Waals surface area contributed by atoms with E-state index in [9.17, 15) is 8.78 Å². The third-order valence-corrected chi connectivity index (χ3v) is 5.28. The van der Waals surface area contributed by atoms with Gasteiger partial charge in [0.1, 0.15) is 23.2 Å². The molecule has 0 amide bonds. The molecule has 2 N–H and O–H groups in total. The van der Waals surface area contributed by atoms with Crippen LogP contribution < -0.4 is 10.5 Å². The number of hydrogen-bond donors (Lipinski definition) is 1. The van der Waals surface area contributed by atoms with Gasteiger partial charge in [-0.2, -0.15) is 13.9 Å². The average Bonchev–Trinajstić information content (AvgIpc) is 3.19. The Bertz CT molecular complexity index is 1040. The van der Waals surface area contributed by atoms with Crippen molar-refractivity contribution in [3.8, 4) is 17.1 Å². The minimum atomic E-state index is -2.79. The molecule has 32 heavy (non-hydrogen) atoms. The van der Waals surface area contributed by atoms with E-state index in [0.29, 0.717) is 29.0 Å². The lowest BCUT2D eigenvalue weighted by Gasteiger charge is -2.26. The van der Waals surface area contributed by atoms with Crippen LogP contribution in [0, 0.1) is 0 Å². The highest BCUT2D eigenvalue weighted by Crippen LogP contribution is 2.29. The molecular weight excluding hydrogens is 442 g/mol. The first-order valence-corrected chi connectivity index (χ1v) is 10.5. The van der Waals surface area contributed by atoms with E-state index in [4.69, 9.17) is 26.8 Å². The SMILES string of the molecule is Nc1nc(Cl)cc(-c2nn(C(F)F)cc2Cc2ccccc2OCCN2CCOCC2)n1. The van der Waals surface area contributed by atoms with Gasteiger partial charge in [-0.3, -0.25) is 4.90 Å². The second-order valence-corrected chi connectivity index (χ2v) is 7.67. The maximum Gasteiger partial charge on any atom is 0.333 e. The van der Waals surface area contributed by atoms with Crippen LogP contribution >= 0.6 is 11.6 Å². The molecule has 8 nitrogen and oxygen atoms in total. The second-order valence-electron chi connectivity index (χ2n) is 7.28. The Hall–Kier alpha value is -2.82. The summed E-state index contributed by atoms with van der Waals surface area (Å²) in [6.07, 6.45) is 1.62. The van der Waals surface area contributed by atoms with E-state index < -0.39 is 6.55 Å². The van der Waals surface area contributed by atoms with Gasteiger partial charge < -0.3 is 15.2 Å². The molecule has 3 heterocycles. The van der Waals surface area contributed by atoms with Gasteiger partial charge in [0.15, 0.2) is 0 Å². The Morgan fingerprint density at radius 1 is 1.16 bits per heavy atom. The zero-order valence-corrected chi connectivity index (χ0v) is 18.0. The summed E-state index contributed by atoms with van der Waals surface area (Å²) in [5.41, 5.74) is 7.62. The lowest BCUT2D eigenvalue weighted by atomic mass is 10.0. The molecule has 0 saturated carbocycles. The molecule has 0 aliphatic carbocycles. The zero-order chi connectivity index (χ0) is 22.5. The maximum absolute atomic E-state index is 13.4. The van der Waals surface area contributed by atoms with Crippen molar-refractivity contribution in [2.45, 2.75) is 13.0 Å². The summed E-state index contributed by atoms with van der Waals surface area (Å²) in [7, 11) is 0. The number of hydrogen-bond acceptors (Lipinski definition) is 7. The van der Waals surface area contributed by atoms with Crippen molar-refractivity contribution >= 4 is 17.5 Å². The number of aromatic nitrogens is 4. The van der Waals surface area contributed by atoms with Crippen molar-refractivity contribution in [2.24, 2.45) is 0 Å². The molecule has 11 heteroatoms. The molecular formula is C21H23ClF2N6O2. The van der Waals surface area contributed by atoms with E-state index in [1.54, 1.807) is 0 Å². The van der Waals surface area contributed by atoms with Gasteiger partial charge in [-0.1, -0.05) is 29.8 Å². The molecule has 3 aromatic rings. The predicted octanol–water partition coefficient (Wildman–Crippen LogP) is 3.27. The first-order chi connectivity index (χ1) is 15.5. The van der Waals surface area contributed by atoms with Gasteiger partial charge >= 0.3 is 6.55 Å². The van der Waals surface area contributed by atoms with Gasteiger partial charge in [-0.05, 0) is 11.6 Å². The fraction of sp³-hybridized carbons (Fsp3) is 0.381. The number of ether oxygens (including phenoxy) is 2. The van der Waals surface area contributed by atoms with Crippen molar-refractivity contribution in [1.82, 2.24) is 24.6 Å². The Kier molecular flexibility index (Phi) is 7.13. The van der Waals surface area contributed by atoms with E-state index in [1.165, 1.54) is 12.3 Å². The Morgan fingerprint density at radius 3 is 2.69 bits per heavy atom. The monoisotopic (exact) mass is 464 g/mol. The topological polar surface area (TPSA) is 91.3 Å². The van der Waals surface area contributed by atoms with Crippen molar-refractivity contribution in [3.63, 3.8) is 0 Å². The summed E-state index contributed by atoms with van der Waals surface area (Å²) >= 11 is 5.98. The standard InChI is InChI=1S/C21H23ClF2N6O2/c22-18-12-16(26-21(25)27-18)19-15(13-30(28-19)20(23)24)11-14-3-1-2-4-17(14)32-10-7-29-5-8-31-9-6-29/h1-4,12-13,20H,5-11H2,(H2,25,26,27). The number of nitrogens with two attached hydrogens (primary N) is 1. The molecule has 2 aromatic heterocycles. The first-order valence-electron chi connectivity index (χ1n) is 10.2. The van der Waals surface area contributed by atoms with Gasteiger partial charge in [0.2, 0.25) is 5.95 Å². The van der Waals surface area contributed by atoms with Crippen molar-refractivity contribution in [1.29, 1.82) is 0 Å². The third kappa shape index (κ3) is 5.50. The van der Waals surface area contributed by atoms with Crippen LogP contribution in [0.4, 0.5) is 14.7 Å². The number of morpholine rings is 1. The van der Waals surface area contributed by atoms with Crippen molar-refractivity contribution in [3.05, 3.63) is 52.8 Å². The summed E-state index contributed by atoms with van der Waals surface area (Å²) in [6, 6.07) is 8.97. The van der Waals surface area contributed by atoms with Crippen molar-refractivity contribution in [2.75, 3.05) is 45.2 Å². The highest BCUT2D eigenvalue weighted by atomic mass is 35.5. The second kappa shape index (κ2) is 10.2. The Balaban J connectivity index is 1.56. The molecule has 0 bridgehead atoms. The van der Waals surface area contributed by atoms with Crippen LogP contribution in [-0.2, 0) is 11.2 Å². The van der Waals surface area contributed by atoms with Crippen molar-refractivity contribution < 1.29 is 18.3 Å². The Labute approximate surface area is 188 Å². The average molecular weight is 465 g/mol. The predicted molar refractivity (Wildman–Crippen MR) is 116 cm³/mol. The van der Waals surface area contributed by atoms with E-state index in [0.717, 1.165) is 38.4 Å². The lowest BCUT2D eigenvalue weighted by Crippen LogP contribution is -2.38. The van der Waals surface area contributed by atoms with Gasteiger partial charge in [-0.15, -0.1) is 0 Å². The summed E-state index contributed by atoms with van der Waals surface area (Å²) < 4.78 is 38.7. The summed E-state index contributed by atoms with van der Waals surface area (Å²) in [5.74, 6) is 0.633. The summed E-state index contributed by atoms with van der Waals surface area (Å²) in [6.45, 7) is 1.72. The molecule has 4 rings (SSSR count).